The lowest BCUT2D eigenvalue weighted by Crippen LogP contribution is -2.32. The molecule has 2 N–H and O–H groups in total. The summed E-state index contributed by atoms with van der Waals surface area (Å²) in [4.78, 5) is 11.1. The summed E-state index contributed by atoms with van der Waals surface area (Å²) in [5.41, 5.74) is 0.290. The third-order valence-corrected chi connectivity index (χ3v) is 6.55. The zero-order valence-electron chi connectivity index (χ0n) is 11.8. The van der Waals surface area contributed by atoms with Crippen molar-refractivity contribution >= 4 is 27.8 Å². The number of carboxylic acids is 1. The van der Waals surface area contributed by atoms with Crippen molar-refractivity contribution in [2.24, 2.45) is 0 Å². The Morgan fingerprint density at radius 1 is 1.43 bits per heavy atom. The van der Waals surface area contributed by atoms with Gasteiger partial charge in [0.25, 0.3) is 0 Å². The van der Waals surface area contributed by atoms with Crippen LogP contribution < -0.4 is 4.72 Å². The Kier molecular flexibility index (Phi) is 5.29. The summed E-state index contributed by atoms with van der Waals surface area (Å²) in [6.07, 6.45) is 3.34. The van der Waals surface area contributed by atoms with Crippen molar-refractivity contribution in [3.63, 3.8) is 0 Å². The Labute approximate surface area is 129 Å². The molecule has 21 heavy (non-hydrogen) atoms. The van der Waals surface area contributed by atoms with Gasteiger partial charge in [0.05, 0.1) is 10.5 Å². The summed E-state index contributed by atoms with van der Waals surface area (Å²) < 4.78 is 27.3. The molecular formula is C14H19NO4S2. The van der Waals surface area contributed by atoms with Gasteiger partial charge < -0.3 is 5.11 Å². The molecule has 0 aromatic heterocycles. The lowest BCUT2D eigenvalue weighted by molar-refractivity contribution is 0.0696. The van der Waals surface area contributed by atoms with E-state index in [9.17, 15) is 13.2 Å². The van der Waals surface area contributed by atoms with Gasteiger partial charge in [-0.3, -0.25) is 0 Å². The van der Waals surface area contributed by atoms with E-state index in [4.69, 9.17) is 5.11 Å². The van der Waals surface area contributed by atoms with Crippen LogP contribution in [0.3, 0.4) is 0 Å². The van der Waals surface area contributed by atoms with Crippen molar-refractivity contribution in [1.82, 2.24) is 4.72 Å². The maximum atomic E-state index is 12.4. The van der Waals surface area contributed by atoms with Gasteiger partial charge in [-0.25, -0.2) is 17.9 Å². The van der Waals surface area contributed by atoms with E-state index in [-0.39, 0.29) is 16.0 Å². The van der Waals surface area contributed by atoms with Crippen molar-refractivity contribution < 1.29 is 18.3 Å². The second-order valence-electron chi connectivity index (χ2n) is 5.07. The van der Waals surface area contributed by atoms with Crippen molar-refractivity contribution in [2.75, 3.05) is 12.3 Å². The number of benzene rings is 1. The Bertz CT molecular complexity index is 622. The van der Waals surface area contributed by atoms with Gasteiger partial charge in [-0.1, -0.05) is 12.5 Å². The Morgan fingerprint density at radius 2 is 2.19 bits per heavy atom. The van der Waals surface area contributed by atoms with Crippen LogP contribution in [-0.4, -0.2) is 37.0 Å². The molecule has 1 saturated heterocycles. The van der Waals surface area contributed by atoms with E-state index in [0.29, 0.717) is 11.8 Å². The van der Waals surface area contributed by atoms with Gasteiger partial charge in [0.2, 0.25) is 10.0 Å². The van der Waals surface area contributed by atoms with E-state index in [1.807, 2.05) is 0 Å². The van der Waals surface area contributed by atoms with Crippen molar-refractivity contribution in [1.29, 1.82) is 0 Å². The van der Waals surface area contributed by atoms with E-state index in [1.54, 1.807) is 11.8 Å². The summed E-state index contributed by atoms with van der Waals surface area (Å²) in [6.45, 7) is 1.91. The Morgan fingerprint density at radius 3 is 2.81 bits per heavy atom. The third kappa shape index (κ3) is 3.99. The molecule has 1 aromatic rings. The zero-order chi connectivity index (χ0) is 15.5. The largest absolute Gasteiger partial charge is 0.478 e. The number of thioether (sulfide) groups is 1. The standard InChI is InChI=1S/C14H19NO4S2/c1-10-12(14(16)17)6-4-7-13(10)21(18,19)15-9-11-5-2-3-8-20-11/h4,6-7,11,15H,2-3,5,8-9H2,1H3,(H,16,17). The number of carboxylic acid groups (broad SMARTS) is 1. The maximum Gasteiger partial charge on any atom is 0.335 e. The summed E-state index contributed by atoms with van der Waals surface area (Å²) in [7, 11) is -3.67. The molecule has 116 valence electrons. The summed E-state index contributed by atoms with van der Waals surface area (Å²) in [5.74, 6) is -0.0488. The lowest BCUT2D eigenvalue weighted by Gasteiger charge is -2.21. The van der Waals surface area contributed by atoms with Gasteiger partial charge in [0, 0.05) is 11.8 Å². The van der Waals surface area contributed by atoms with Crippen LogP contribution in [0.4, 0.5) is 0 Å². The normalized spacial score (nSPS) is 19.4. The van der Waals surface area contributed by atoms with Gasteiger partial charge in [0.1, 0.15) is 0 Å². The number of carbonyl (C=O) groups is 1. The van der Waals surface area contributed by atoms with Crippen LogP contribution in [0, 0.1) is 6.92 Å². The molecule has 1 aliphatic rings. The molecule has 5 nitrogen and oxygen atoms in total. The quantitative estimate of drug-likeness (QED) is 0.866. The first-order chi connectivity index (χ1) is 9.92. The number of hydrogen-bond acceptors (Lipinski definition) is 4. The smallest absolute Gasteiger partial charge is 0.335 e. The highest BCUT2D eigenvalue weighted by atomic mass is 32.2. The molecule has 0 bridgehead atoms. The molecule has 0 spiro atoms. The average Bonchev–Trinajstić information content (AvgIpc) is 2.46. The van der Waals surface area contributed by atoms with Gasteiger partial charge in [-0.15, -0.1) is 0 Å². The van der Waals surface area contributed by atoms with Crippen LogP contribution in [-0.2, 0) is 10.0 Å². The highest BCUT2D eigenvalue weighted by molar-refractivity contribution is 8.00. The molecular weight excluding hydrogens is 310 g/mol. The minimum Gasteiger partial charge on any atom is -0.478 e. The molecule has 2 rings (SSSR count). The molecule has 0 radical (unpaired) electrons. The second kappa shape index (κ2) is 6.81. The van der Waals surface area contributed by atoms with Crippen LogP contribution in [0.25, 0.3) is 0 Å². The van der Waals surface area contributed by atoms with Crippen LogP contribution >= 0.6 is 11.8 Å². The van der Waals surface area contributed by atoms with Crippen LogP contribution in [0.1, 0.15) is 35.2 Å². The number of aromatic carboxylic acids is 1. The van der Waals surface area contributed by atoms with E-state index in [2.05, 4.69) is 4.72 Å². The molecule has 1 heterocycles. The predicted molar refractivity (Wildman–Crippen MR) is 83.4 cm³/mol. The fraction of sp³-hybridized carbons (Fsp3) is 0.500. The van der Waals surface area contributed by atoms with Crippen molar-refractivity contribution in [2.45, 2.75) is 36.3 Å². The monoisotopic (exact) mass is 329 g/mol. The molecule has 7 heteroatoms. The average molecular weight is 329 g/mol. The van der Waals surface area contributed by atoms with Crippen LogP contribution in [0.2, 0.25) is 0 Å². The van der Waals surface area contributed by atoms with Crippen LogP contribution in [0.15, 0.2) is 23.1 Å². The number of nitrogens with one attached hydrogen (secondary N) is 1. The first kappa shape index (κ1) is 16.3. The number of sulfonamides is 1. The molecule has 1 fully saturated rings. The van der Waals surface area contributed by atoms with Gasteiger partial charge in [0.15, 0.2) is 0 Å². The summed E-state index contributed by atoms with van der Waals surface area (Å²) >= 11 is 1.79. The van der Waals surface area contributed by atoms with Gasteiger partial charge in [-0.2, -0.15) is 11.8 Å². The minimum atomic E-state index is -3.67. The number of hydrogen-bond donors (Lipinski definition) is 2. The fourth-order valence-electron chi connectivity index (χ4n) is 2.39. The predicted octanol–water partition coefficient (Wildman–Crippen LogP) is 2.26. The molecule has 1 unspecified atom stereocenters. The molecule has 0 amide bonds. The Balaban J connectivity index is 2.15. The summed E-state index contributed by atoms with van der Waals surface area (Å²) in [6, 6.07) is 4.31. The maximum absolute atomic E-state index is 12.4. The number of rotatable bonds is 5. The zero-order valence-corrected chi connectivity index (χ0v) is 13.5. The van der Waals surface area contributed by atoms with Crippen LogP contribution in [0.5, 0.6) is 0 Å². The van der Waals surface area contributed by atoms with E-state index in [1.165, 1.54) is 31.5 Å². The van der Waals surface area contributed by atoms with Crippen molar-refractivity contribution in [3.05, 3.63) is 29.3 Å². The van der Waals surface area contributed by atoms with Gasteiger partial charge >= 0.3 is 5.97 Å². The highest BCUT2D eigenvalue weighted by Gasteiger charge is 2.22. The first-order valence-corrected chi connectivity index (χ1v) is 9.39. The molecule has 1 aliphatic heterocycles. The Hall–Kier alpha value is -1.05. The third-order valence-electron chi connectivity index (χ3n) is 3.58. The van der Waals surface area contributed by atoms with Gasteiger partial charge in [-0.05, 0) is 43.2 Å². The summed E-state index contributed by atoms with van der Waals surface area (Å²) in [5, 5.41) is 9.37. The highest BCUT2D eigenvalue weighted by Crippen LogP contribution is 2.25. The SMILES string of the molecule is Cc1c(C(=O)O)cccc1S(=O)(=O)NCC1CCCCS1. The molecule has 0 aliphatic carbocycles. The van der Waals surface area contributed by atoms with E-state index < -0.39 is 16.0 Å². The van der Waals surface area contributed by atoms with E-state index in [0.717, 1.165) is 18.6 Å². The van der Waals surface area contributed by atoms with Crippen molar-refractivity contribution in [3.8, 4) is 0 Å². The molecule has 0 saturated carbocycles. The lowest BCUT2D eigenvalue weighted by atomic mass is 10.1. The fourth-order valence-corrected chi connectivity index (χ4v) is 5.08. The topological polar surface area (TPSA) is 83.5 Å². The first-order valence-electron chi connectivity index (χ1n) is 6.86. The van der Waals surface area contributed by atoms with E-state index >= 15 is 0 Å². The molecule has 1 aromatic carbocycles. The molecule has 1 atom stereocenters. The minimum absolute atomic E-state index is 0.0184. The second-order valence-corrected chi connectivity index (χ2v) is 8.22.